The van der Waals surface area contributed by atoms with Crippen LogP contribution in [0.4, 0.5) is 0 Å². The zero-order valence-electron chi connectivity index (χ0n) is 11.7. The van der Waals surface area contributed by atoms with Gasteiger partial charge in [0.05, 0.1) is 4.90 Å². The van der Waals surface area contributed by atoms with Gasteiger partial charge in [-0.2, -0.15) is 4.31 Å². The number of nitrogens with zero attached hydrogens (tertiary/aromatic N) is 2. The summed E-state index contributed by atoms with van der Waals surface area (Å²) in [5.41, 5.74) is 5.65. The van der Waals surface area contributed by atoms with Crippen LogP contribution in [-0.2, 0) is 16.6 Å². The summed E-state index contributed by atoms with van der Waals surface area (Å²) in [5.74, 6) is 0. The standard InChI is InChI=1S/C13H21N3O2S2/c1-15-10-2-3-11(15)9-16(6-4-10)20(17,18)13-5-7-19-12(13)8-14/h5,7,10-11H,2-4,6,8-9,14H2,1H3. The van der Waals surface area contributed by atoms with Gasteiger partial charge < -0.3 is 5.73 Å². The van der Waals surface area contributed by atoms with E-state index in [1.165, 1.54) is 17.8 Å². The molecule has 2 N–H and O–H groups in total. The van der Waals surface area contributed by atoms with Crippen LogP contribution in [0.5, 0.6) is 0 Å². The Hall–Kier alpha value is -0.470. The summed E-state index contributed by atoms with van der Waals surface area (Å²) >= 11 is 1.42. The van der Waals surface area contributed by atoms with E-state index in [-0.39, 0.29) is 6.54 Å². The summed E-state index contributed by atoms with van der Waals surface area (Å²) in [4.78, 5) is 3.52. The van der Waals surface area contributed by atoms with Crippen molar-refractivity contribution in [3.8, 4) is 0 Å². The third-order valence-electron chi connectivity index (χ3n) is 4.62. The third kappa shape index (κ3) is 2.31. The van der Waals surface area contributed by atoms with E-state index in [0.29, 0.717) is 30.1 Å². The Balaban J connectivity index is 1.89. The molecule has 2 aliphatic rings. The SMILES string of the molecule is CN1C2CCC1CN(S(=O)(=O)c1ccsc1CN)CC2. The second kappa shape index (κ2) is 5.38. The van der Waals surface area contributed by atoms with Gasteiger partial charge in [0.2, 0.25) is 10.0 Å². The summed E-state index contributed by atoms with van der Waals surface area (Å²) in [6, 6.07) is 2.59. The Morgan fingerprint density at radius 1 is 1.35 bits per heavy atom. The molecule has 3 rings (SSSR count). The Labute approximate surface area is 124 Å². The van der Waals surface area contributed by atoms with Gasteiger partial charge in [0, 0.05) is 36.6 Å². The molecule has 0 aliphatic carbocycles. The van der Waals surface area contributed by atoms with Crippen molar-refractivity contribution < 1.29 is 8.42 Å². The van der Waals surface area contributed by atoms with E-state index in [2.05, 4.69) is 11.9 Å². The number of hydrogen-bond acceptors (Lipinski definition) is 5. The smallest absolute Gasteiger partial charge is 0.244 e. The van der Waals surface area contributed by atoms with Crippen molar-refractivity contribution in [2.45, 2.75) is 42.8 Å². The van der Waals surface area contributed by atoms with Crippen LogP contribution in [0.2, 0.25) is 0 Å². The predicted molar refractivity (Wildman–Crippen MR) is 80.2 cm³/mol. The van der Waals surface area contributed by atoms with Gasteiger partial charge in [-0.05, 0) is 37.8 Å². The molecule has 2 fully saturated rings. The molecular weight excluding hydrogens is 294 g/mol. The highest BCUT2D eigenvalue weighted by atomic mass is 32.2. The first-order valence-electron chi connectivity index (χ1n) is 7.02. The molecule has 5 nitrogen and oxygen atoms in total. The molecule has 0 spiro atoms. The van der Waals surface area contributed by atoms with Crippen molar-refractivity contribution in [1.82, 2.24) is 9.21 Å². The molecule has 1 aromatic heterocycles. The van der Waals surface area contributed by atoms with Crippen LogP contribution in [0.15, 0.2) is 16.3 Å². The average molecular weight is 315 g/mol. The lowest BCUT2D eigenvalue weighted by molar-refractivity contribution is 0.246. The molecule has 7 heteroatoms. The topological polar surface area (TPSA) is 66.6 Å². The summed E-state index contributed by atoms with van der Waals surface area (Å²) in [7, 11) is -1.27. The highest BCUT2D eigenvalue weighted by molar-refractivity contribution is 7.89. The van der Waals surface area contributed by atoms with Crippen LogP contribution in [0.1, 0.15) is 24.1 Å². The quantitative estimate of drug-likeness (QED) is 0.906. The van der Waals surface area contributed by atoms with Gasteiger partial charge in [-0.1, -0.05) is 0 Å². The third-order valence-corrected chi connectivity index (χ3v) is 7.64. The molecular formula is C13H21N3O2S2. The van der Waals surface area contributed by atoms with Crippen LogP contribution in [0.25, 0.3) is 0 Å². The van der Waals surface area contributed by atoms with E-state index in [4.69, 9.17) is 5.73 Å². The molecule has 2 unspecified atom stereocenters. The fraction of sp³-hybridized carbons (Fsp3) is 0.692. The second-order valence-corrected chi connectivity index (χ2v) is 8.52. The monoisotopic (exact) mass is 315 g/mol. The Morgan fingerprint density at radius 2 is 2.10 bits per heavy atom. The highest BCUT2D eigenvalue weighted by Crippen LogP contribution is 2.32. The first-order chi connectivity index (χ1) is 9.54. The van der Waals surface area contributed by atoms with Crippen molar-refractivity contribution >= 4 is 21.4 Å². The van der Waals surface area contributed by atoms with Gasteiger partial charge in [0.15, 0.2) is 0 Å². The zero-order chi connectivity index (χ0) is 14.3. The van der Waals surface area contributed by atoms with Crippen molar-refractivity contribution in [2.24, 2.45) is 5.73 Å². The van der Waals surface area contributed by atoms with E-state index >= 15 is 0 Å². The normalized spacial score (nSPS) is 28.7. The number of rotatable bonds is 3. The lowest BCUT2D eigenvalue weighted by atomic mass is 10.1. The Kier molecular flexibility index (Phi) is 3.89. The second-order valence-electron chi connectivity index (χ2n) is 5.61. The minimum Gasteiger partial charge on any atom is -0.326 e. The maximum atomic E-state index is 12.8. The Bertz CT molecular complexity index is 584. The molecule has 2 bridgehead atoms. The summed E-state index contributed by atoms with van der Waals surface area (Å²) in [5, 5.41) is 1.81. The average Bonchev–Trinajstić information content (AvgIpc) is 2.95. The molecule has 0 radical (unpaired) electrons. The lowest BCUT2D eigenvalue weighted by Crippen LogP contribution is -2.39. The summed E-state index contributed by atoms with van der Waals surface area (Å²) < 4.78 is 27.3. The van der Waals surface area contributed by atoms with Crippen LogP contribution in [0, 0.1) is 0 Å². The van der Waals surface area contributed by atoms with Gasteiger partial charge >= 0.3 is 0 Å². The van der Waals surface area contributed by atoms with Gasteiger partial charge in [0.25, 0.3) is 0 Å². The summed E-state index contributed by atoms with van der Waals surface area (Å²) in [6.07, 6.45) is 3.22. The molecule has 2 aliphatic heterocycles. The Morgan fingerprint density at radius 3 is 2.85 bits per heavy atom. The maximum Gasteiger partial charge on any atom is 0.244 e. The number of hydrogen-bond donors (Lipinski definition) is 1. The zero-order valence-corrected chi connectivity index (χ0v) is 13.3. The van der Waals surface area contributed by atoms with Gasteiger partial charge in [-0.3, -0.25) is 4.90 Å². The molecule has 0 amide bonds. The largest absolute Gasteiger partial charge is 0.326 e. The molecule has 0 saturated carbocycles. The molecule has 3 heterocycles. The number of thiophene rings is 1. The lowest BCUT2D eigenvalue weighted by Gasteiger charge is -2.25. The van der Waals surface area contributed by atoms with E-state index in [1.807, 2.05) is 5.38 Å². The highest BCUT2D eigenvalue weighted by Gasteiger charge is 2.39. The number of fused-ring (bicyclic) bond motifs is 2. The van der Waals surface area contributed by atoms with Gasteiger partial charge in [-0.15, -0.1) is 11.3 Å². The minimum absolute atomic E-state index is 0.284. The molecule has 20 heavy (non-hydrogen) atoms. The van der Waals surface area contributed by atoms with Crippen LogP contribution >= 0.6 is 11.3 Å². The van der Waals surface area contributed by atoms with Gasteiger partial charge in [-0.25, -0.2) is 8.42 Å². The number of sulfonamides is 1. The summed E-state index contributed by atoms with van der Waals surface area (Å²) in [6.45, 7) is 1.51. The molecule has 2 atom stereocenters. The fourth-order valence-corrected chi connectivity index (χ4v) is 6.14. The molecule has 2 saturated heterocycles. The van der Waals surface area contributed by atoms with Crippen LogP contribution in [0.3, 0.4) is 0 Å². The van der Waals surface area contributed by atoms with E-state index in [9.17, 15) is 8.42 Å². The maximum absolute atomic E-state index is 12.8. The molecule has 1 aromatic rings. The van der Waals surface area contributed by atoms with Crippen molar-refractivity contribution in [1.29, 1.82) is 0 Å². The van der Waals surface area contributed by atoms with Crippen molar-refractivity contribution in [2.75, 3.05) is 20.1 Å². The minimum atomic E-state index is -3.39. The van der Waals surface area contributed by atoms with E-state index < -0.39 is 10.0 Å². The fourth-order valence-electron chi connectivity index (χ4n) is 3.34. The van der Waals surface area contributed by atoms with E-state index in [1.54, 1.807) is 10.4 Å². The molecule has 0 aromatic carbocycles. The predicted octanol–water partition coefficient (Wildman–Crippen LogP) is 1.06. The first-order valence-corrected chi connectivity index (χ1v) is 9.34. The van der Waals surface area contributed by atoms with Gasteiger partial charge in [0.1, 0.15) is 0 Å². The van der Waals surface area contributed by atoms with Crippen LogP contribution in [-0.4, -0.2) is 49.8 Å². The first kappa shape index (κ1) is 14.5. The number of likely N-dealkylation sites (N-methyl/N-ethyl adjacent to an activating group) is 1. The van der Waals surface area contributed by atoms with Crippen molar-refractivity contribution in [3.05, 3.63) is 16.3 Å². The number of nitrogens with two attached hydrogens (primary N) is 1. The van der Waals surface area contributed by atoms with Crippen LogP contribution < -0.4 is 5.73 Å². The van der Waals surface area contributed by atoms with Crippen molar-refractivity contribution in [3.63, 3.8) is 0 Å². The molecule has 112 valence electrons. The van der Waals surface area contributed by atoms with E-state index in [0.717, 1.165) is 17.7 Å².